The molecule has 0 bridgehead atoms. The fourth-order valence-corrected chi connectivity index (χ4v) is 2.82. The average molecular weight is 402 g/mol. The van der Waals surface area contributed by atoms with E-state index in [-0.39, 0.29) is 12.4 Å². The van der Waals surface area contributed by atoms with E-state index in [4.69, 9.17) is 0 Å². The van der Waals surface area contributed by atoms with Crippen molar-refractivity contribution in [1.82, 2.24) is 14.5 Å². The minimum atomic E-state index is -4.42. The van der Waals surface area contributed by atoms with Crippen LogP contribution in [0.1, 0.15) is 17.0 Å². The third-order valence-electron chi connectivity index (χ3n) is 4.12. The molecule has 0 aliphatic rings. The Kier molecular flexibility index (Phi) is 5.51. The van der Waals surface area contributed by atoms with E-state index in [1.165, 1.54) is 6.07 Å². The fraction of sp³-hybridized carbons (Fsp3) is 0.0476. The van der Waals surface area contributed by atoms with Gasteiger partial charge in [-0.2, -0.15) is 13.2 Å². The molecule has 2 heterocycles. The molecular weight excluding hydrogens is 387 g/mol. The lowest BCUT2D eigenvalue weighted by molar-refractivity contribution is -0.137. The predicted molar refractivity (Wildman–Crippen MR) is 106 cm³/mol. The Morgan fingerprint density at radius 3 is 2.21 bits per heavy atom. The first-order valence-electron chi connectivity index (χ1n) is 8.26. The minimum absolute atomic E-state index is 0. The van der Waals surface area contributed by atoms with Gasteiger partial charge in [0.05, 0.1) is 16.6 Å². The maximum absolute atomic E-state index is 12.8. The molecule has 0 unspecified atom stereocenters. The summed E-state index contributed by atoms with van der Waals surface area (Å²) in [5, 5.41) is 0. The molecule has 2 aromatic heterocycles. The maximum Gasteiger partial charge on any atom is 0.417 e. The van der Waals surface area contributed by atoms with Crippen molar-refractivity contribution in [2.24, 2.45) is 0 Å². The predicted octanol–water partition coefficient (Wildman–Crippen LogP) is 6.03. The highest BCUT2D eigenvalue weighted by Crippen LogP contribution is 2.29. The van der Waals surface area contributed by atoms with Crippen molar-refractivity contribution < 1.29 is 13.2 Å². The fourth-order valence-electron chi connectivity index (χ4n) is 2.82. The highest BCUT2D eigenvalue weighted by molar-refractivity contribution is 5.85. The number of alkyl halides is 3. The van der Waals surface area contributed by atoms with Crippen molar-refractivity contribution in [2.45, 2.75) is 6.18 Å². The largest absolute Gasteiger partial charge is 0.417 e. The summed E-state index contributed by atoms with van der Waals surface area (Å²) in [5.74, 6) is 0.969. The Morgan fingerprint density at radius 1 is 0.821 bits per heavy atom. The quantitative estimate of drug-likeness (QED) is 0.419. The molecule has 142 valence electrons. The highest BCUT2D eigenvalue weighted by atomic mass is 35.5. The van der Waals surface area contributed by atoms with Crippen LogP contribution >= 0.6 is 12.4 Å². The molecule has 0 spiro atoms. The van der Waals surface area contributed by atoms with E-state index in [0.29, 0.717) is 11.6 Å². The molecule has 0 atom stereocenters. The summed E-state index contributed by atoms with van der Waals surface area (Å²) in [4.78, 5) is 8.61. The summed E-state index contributed by atoms with van der Waals surface area (Å²) in [6, 6.07) is 19.5. The van der Waals surface area contributed by atoms with E-state index < -0.39 is 11.7 Å². The van der Waals surface area contributed by atoms with E-state index in [1.54, 1.807) is 4.57 Å². The lowest BCUT2D eigenvalue weighted by atomic mass is 10.2. The summed E-state index contributed by atoms with van der Waals surface area (Å²) in [6.45, 7) is 0. The SMILES string of the molecule is Cl.FC(F)(F)c1ccc(-n2c(/C=C/c3ccccc3)nc3ccccc32)nc1. The number of fused-ring (bicyclic) bond motifs is 1. The summed E-state index contributed by atoms with van der Waals surface area (Å²) in [6.07, 6.45) is 0.157. The molecule has 0 saturated heterocycles. The summed E-state index contributed by atoms with van der Waals surface area (Å²) < 4.78 is 40.2. The van der Waals surface area contributed by atoms with Crippen molar-refractivity contribution >= 4 is 35.6 Å². The molecule has 0 amide bonds. The Bertz CT molecular complexity index is 1100. The Labute approximate surface area is 165 Å². The standard InChI is InChI=1S/C21H14F3N3.ClH/c22-21(23,24)16-11-13-19(25-14-16)27-18-9-5-4-8-17(18)26-20(27)12-10-15-6-2-1-3-7-15;/h1-14H;1H/b12-10+;. The number of hydrogen-bond acceptors (Lipinski definition) is 2. The zero-order chi connectivity index (χ0) is 18.9. The molecule has 2 aromatic carbocycles. The number of para-hydroxylation sites is 2. The topological polar surface area (TPSA) is 30.7 Å². The first-order chi connectivity index (χ1) is 13.0. The van der Waals surface area contributed by atoms with Gasteiger partial charge in [-0.3, -0.25) is 4.57 Å². The van der Waals surface area contributed by atoms with E-state index in [1.807, 2.05) is 66.7 Å². The molecule has 0 aliphatic carbocycles. The molecule has 0 radical (unpaired) electrons. The molecule has 0 saturated carbocycles. The van der Waals surface area contributed by atoms with Crippen molar-refractivity contribution in [3.63, 3.8) is 0 Å². The molecule has 28 heavy (non-hydrogen) atoms. The van der Waals surface area contributed by atoms with Crippen LogP contribution in [0.15, 0.2) is 72.9 Å². The molecule has 0 N–H and O–H groups in total. The maximum atomic E-state index is 12.8. The van der Waals surface area contributed by atoms with Crippen molar-refractivity contribution in [2.75, 3.05) is 0 Å². The third-order valence-corrected chi connectivity index (χ3v) is 4.12. The Morgan fingerprint density at radius 2 is 1.54 bits per heavy atom. The van der Waals surface area contributed by atoms with E-state index in [9.17, 15) is 13.2 Å². The zero-order valence-corrected chi connectivity index (χ0v) is 15.3. The molecule has 4 rings (SSSR count). The van der Waals surface area contributed by atoms with E-state index in [2.05, 4.69) is 9.97 Å². The molecule has 0 fully saturated rings. The van der Waals surface area contributed by atoms with Gasteiger partial charge in [0.15, 0.2) is 0 Å². The molecular formula is C21H15ClF3N3. The average Bonchev–Trinajstić information content (AvgIpc) is 3.05. The number of nitrogens with zero attached hydrogens (tertiary/aromatic N) is 3. The number of rotatable bonds is 3. The minimum Gasteiger partial charge on any atom is -0.277 e. The van der Waals surface area contributed by atoms with Crippen LogP contribution in [0.3, 0.4) is 0 Å². The number of imidazole rings is 1. The molecule has 4 aromatic rings. The first-order valence-corrected chi connectivity index (χ1v) is 8.26. The first kappa shape index (κ1) is 19.6. The number of aromatic nitrogens is 3. The van der Waals surface area contributed by atoms with Crippen molar-refractivity contribution in [3.8, 4) is 5.82 Å². The van der Waals surface area contributed by atoms with Crippen molar-refractivity contribution in [1.29, 1.82) is 0 Å². The smallest absolute Gasteiger partial charge is 0.277 e. The molecule has 7 heteroatoms. The number of pyridine rings is 1. The second kappa shape index (κ2) is 7.86. The van der Waals surface area contributed by atoms with Crippen LogP contribution in [0, 0.1) is 0 Å². The van der Waals surface area contributed by atoms with Gasteiger partial charge in [-0.05, 0) is 35.9 Å². The number of hydrogen-bond donors (Lipinski definition) is 0. The van der Waals surface area contributed by atoms with Crippen LogP contribution < -0.4 is 0 Å². The lowest BCUT2D eigenvalue weighted by Crippen LogP contribution is -2.07. The normalized spacial score (nSPS) is 11.7. The van der Waals surface area contributed by atoms with Crippen LogP contribution in [0.2, 0.25) is 0 Å². The van der Waals surface area contributed by atoms with Crippen LogP contribution in [0.5, 0.6) is 0 Å². The van der Waals surface area contributed by atoms with Gasteiger partial charge in [-0.15, -0.1) is 12.4 Å². The lowest BCUT2D eigenvalue weighted by Gasteiger charge is -2.09. The van der Waals surface area contributed by atoms with Gasteiger partial charge in [-0.25, -0.2) is 9.97 Å². The molecule has 0 aliphatic heterocycles. The van der Waals surface area contributed by atoms with Gasteiger partial charge in [0, 0.05) is 6.20 Å². The molecule has 3 nitrogen and oxygen atoms in total. The van der Waals surface area contributed by atoms with Gasteiger partial charge in [-0.1, -0.05) is 48.5 Å². The highest BCUT2D eigenvalue weighted by Gasteiger charge is 2.30. The van der Waals surface area contributed by atoms with Gasteiger partial charge >= 0.3 is 6.18 Å². The van der Waals surface area contributed by atoms with Crippen LogP contribution in [0.25, 0.3) is 29.0 Å². The Hall–Kier alpha value is -3.12. The van der Waals surface area contributed by atoms with E-state index in [0.717, 1.165) is 28.9 Å². The monoisotopic (exact) mass is 401 g/mol. The van der Waals surface area contributed by atoms with Crippen LogP contribution in [-0.4, -0.2) is 14.5 Å². The van der Waals surface area contributed by atoms with Crippen LogP contribution in [-0.2, 0) is 6.18 Å². The van der Waals surface area contributed by atoms with E-state index >= 15 is 0 Å². The third kappa shape index (κ3) is 3.92. The second-order valence-corrected chi connectivity index (χ2v) is 5.94. The van der Waals surface area contributed by atoms with Gasteiger partial charge < -0.3 is 0 Å². The second-order valence-electron chi connectivity index (χ2n) is 5.94. The zero-order valence-electron chi connectivity index (χ0n) is 14.5. The number of halogens is 4. The number of benzene rings is 2. The summed E-state index contributed by atoms with van der Waals surface area (Å²) in [7, 11) is 0. The van der Waals surface area contributed by atoms with Gasteiger partial charge in [0.1, 0.15) is 11.6 Å². The summed E-state index contributed by atoms with van der Waals surface area (Å²) >= 11 is 0. The Balaban J connectivity index is 0.00000225. The van der Waals surface area contributed by atoms with Gasteiger partial charge in [0.2, 0.25) is 0 Å². The van der Waals surface area contributed by atoms with Crippen LogP contribution in [0.4, 0.5) is 13.2 Å². The van der Waals surface area contributed by atoms with Gasteiger partial charge in [0.25, 0.3) is 0 Å². The summed E-state index contributed by atoms with van der Waals surface area (Å²) in [5.41, 5.74) is 1.73. The van der Waals surface area contributed by atoms with Crippen molar-refractivity contribution in [3.05, 3.63) is 89.9 Å².